The van der Waals surface area contributed by atoms with E-state index < -0.39 is 0 Å². The van der Waals surface area contributed by atoms with Gasteiger partial charge < -0.3 is 14.4 Å². The van der Waals surface area contributed by atoms with Gasteiger partial charge in [0.25, 0.3) is 0 Å². The number of rotatable bonds is 4. The van der Waals surface area contributed by atoms with Crippen molar-refractivity contribution in [1.29, 1.82) is 0 Å². The van der Waals surface area contributed by atoms with E-state index >= 15 is 0 Å². The molecule has 2 rings (SSSR count). The first-order valence-corrected chi connectivity index (χ1v) is 6.63. The number of halogens is 1. The lowest BCUT2D eigenvalue weighted by Crippen LogP contribution is -2.48. The number of nitrogens with zero attached hydrogens (tertiary/aromatic N) is 1. The summed E-state index contributed by atoms with van der Waals surface area (Å²) in [6.45, 7) is 2.44. The van der Waals surface area contributed by atoms with E-state index in [-0.39, 0.29) is 12.1 Å². The Morgan fingerprint density at radius 1 is 1.58 bits per heavy atom. The highest BCUT2D eigenvalue weighted by Crippen LogP contribution is 2.31. The second-order valence-corrected chi connectivity index (χ2v) is 5.14. The molecule has 2 unspecified atom stereocenters. The molecule has 0 spiro atoms. The molecule has 0 amide bonds. The summed E-state index contributed by atoms with van der Waals surface area (Å²) in [5, 5.41) is 0.653. The maximum Gasteiger partial charge on any atom is 0.123 e. The monoisotopic (exact) mass is 285 g/mol. The average molecular weight is 286 g/mol. The van der Waals surface area contributed by atoms with Gasteiger partial charge in [-0.3, -0.25) is 11.3 Å². The summed E-state index contributed by atoms with van der Waals surface area (Å²) in [5.74, 6) is 6.46. The van der Waals surface area contributed by atoms with Crippen molar-refractivity contribution in [3.8, 4) is 5.75 Å². The molecule has 1 aromatic rings. The second kappa shape index (κ2) is 6.54. The van der Waals surface area contributed by atoms with E-state index in [0.29, 0.717) is 11.6 Å². The standard InChI is InChI=1S/C13H20ClN3O2/c1-17-5-6-19-12(8-17)13(16-15)10-7-9(14)3-4-11(10)18-2/h3-4,7,12-13,16H,5-6,8,15H2,1-2H3. The first-order valence-electron chi connectivity index (χ1n) is 6.25. The van der Waals surface area contributed by atoms with Crippen LogP contribution >= 0.6 is 11.6 Å². The van der Waals surface area contributed by atoms with Crippen LogP contribution in [0.15, 0.2) is 18.2 Å². The molecule has 0 saturated carbocycles. The molecule has 2 atom stereocenters. The largest absolute Gasteiger partial charge is 0.496 e. The van der Waals surface area contributed by atoms with Crippen LogP contribution in [0.5, 0.6) is 5.75 Å². The van der Waals surface area contributed by atoms with Crippen molar-refractivity contribution in [3.63, 3.8) is 0 Å². The van der Waals surface area contributed by atoms with E-state index in [1.807, 2.05) is 12.1 Å². The number of methoxy groups -OCH3 is 1. The average Bonchev–Trinajstić information content (AvgIpc) is 2.40. The van der Waals surface area contributed by atoms with Crippen LogP contribution in [-0.2, 0) is 4.74 Å². The van der Waals surface area contributed by atoms with Crippen LogP contribution in [0, 0.1) is 0 Å². The Morgan fingerprint density at radius 3 is 3.00 bits per heavy atom. The molecule has 1 aromatic carbocycles. The van der Waals surface area contributed by atoms with E-state index in [4.69, 9.17) is 26.9 Å². The first kappa shape index (κ1) is 14.6. The lowest BCUT2D eigenvalue weighted by Gasteiger charge is -2.35. The Bertz CT molecular complexity index is 430. The lowest BCUT2D eigenvalue weighted by molar-refractivity contribution is -0.0396. The van der Waals surface area contributed by atoms with Crippen LogP contribution in [0.3, 0.4) is 0 Å². The predicted octanol–water partition coefficient (Wildman–Crippen LogP) is 1.18. The summed E-state index contributed by atoms with van der Waals surface area (Å²) in [6.07, 6.45) is -0.0314. The number of ether oxygens (including phenoxy) is 2. The molecule has 1 heterocycles. The summed E-state index contributed by atoms with van der Waals surface area (Å²) in [4.78, 5) is 2.22. The molecule has 6 heteroatoms. The zero-order valence-electron chi connectivity index (χ0n) is 11.2. The van der Waals surface area contributed by atoms with Crippen LogP contribution in [0.1, 0.15) is 11.6 Å². The molecule has 1 saturated heterocycles. The fraction of sp³-hybridized carbons (Fsp3) is 0.538. The van der Waals surface area contributed by atoms with Gasteiger partial charge in [0.15, 0.2) is 0 Å². The maximum absolute atomic E-state index is 6.07. The summed E-state index contributed by atoms with van der Waals surface area (Å²) in [7, 11) is 3.70. The van der Waals surface area contributed by atoms with Gasteiger partial charge in [-0.1, -0.05) is 11.6 Å². The van der Waals surface area contributed by atoms with E-state index in [1.54, 1.807) is 13.2 Å². The van der Waals surface area contributed by atoms with Crippen molar-refractivity contribution in [3.05, 3.63) is 28.8 Å². The van der Waals surface area contributed by atoms with Crippen LogP contribution in [0.4, 0.5) is 0 Å². The third-order valence-electron chi connectivity index (χ3n) is 3.37. The zero-order chi connectivity index (χ0) is 13.8. The van der Waals surface area contributed by atoms with Crippen LogP contribution in [0.25, 0.3) is 0 Å². The number of nitrogens with two attached hydrogens (primary N) is 1. The Labute approximate surface area is 118 Å². The zero-order valence-corrected chi connectivity index (χ0v) is 12.0. The van der Waals surface area contributed by atoms with Crippen molar-refractivity contribution in [2.75, 3.05) is 33.9 Å². The highest BCUT2D eigenvalue weighted by Gasteiger charge is 2.29. The SMILES string of the molecule is COc1ccc(Cl)cc1C(NN)C1CN(C)CCO1. The number of hydrogen-bond donors (Lipinski definition) is 2. The molecule has 0 radical (unpaired) electrons. The third-order valence-corrected chi connectivity index (χ3v) is 3.61. The molecule has 0 aromatic heterocycles. The molecule has 3 N–H and O–H groups in total. The summed E-state index contributed by atoms with van der Waals surface area (Å²) in [6, 6.07) is 5.35. The van der Waals surface area contributed by atoms with Crippen LogP contribution < -0.4 is 16.0 Å². The molecule has 106 valence electrons. The molecule has 0 aliphatic carbocycles. The molecule has 1 aliphatic rings. The minimum atomic E-state index is -0.156. The quantitative estimate of drug-likeness (QED) is 0.643. The minimum absolute atomic E-state index is 0.0314. The Balaban J connectivity index is 2.27. The van der Waals surface area contributed by atoms with E-state index in [2.05, 4.69) is 17.4 Å². The highest BCUT2D eigenvalue weighted by atomic mass is 35.5. The number of morpholine rings is 1. The van der Waals surface area contributed by atoms with Crippen molar-refractivity contribution in [2.45, 2.75) is 12.1 Å². The number of nitrogens with one attached hydrogen (secondary N) is 1. The highest BCUT2D eigenvalue weighted by molar-refractivity contribution is 6.30. The lowest BCUT2D eigenvalue weighted by atomic mass is 9.99. The Kier molecular flexibility index (Phi) is 5.01. The van der Waals surface area contributed by atoms with Crippen molar-refractivity contribution in [2.24, 2.45) is 5.84 Å². The van der Waals surface area contributed by atoms with Gasteiger partial charge in [-0.2, -0.15) is 0 Å². The summed E-state index contributed by atoms with van der Waals surface area (Å²) < 4.78 is 11.2. The van der Waals surface area contributed by atoms with E-state index in [9.17, 15) is 0 Å². The van der Waals surface area contributed by atoms with E-state index in [1.165, 1.54) is 0 Å². The summed E-state index contributed by atoms with van der Waals surface area (Å²) >= 11 is 6.07. The molecule has 19 heavy (non-hydrogen) atoms. The van der Waals surface area contributed by atoms with Crippen molar-refractivity contribution in [1.82, 2.24) is 10.3 Å². The van der Waals surface area contributed by atoms with Gasteiger partial charge in [-0.15, -0.1) is 0 Å². The van der Waals surface area contributed by atoms with Crippen LogP contribution in [-0.4, -0.2) is 44.9 Å². The van der Waals surface area contributed by atoms with Crippen molar-refractivity contribution < 1.29 is 9.47 Å². The number of benzene rings is 1. The van der Waals surface area contributed by atoms with Gasteiger partial charge in [0.1, 0.15) is 5.75 Å². The summed E-state index contributed by atoms with van der Waals surface area (Å²) in [5.41, 5.74) is 3.73. The molecular formula is C13H20ClN3O2. The molecular weight excluding hydrogens is 266 g/mol. The topological polar surface area (TPSA) is 59.8 Å². The van der Waals surface area contributed by atoms with Gasteiger partial charge in [0, 0.05) is 23.7 Å². The van der Waals surface area contributed by atoms with Gasteiger partial charge in [0.2, 0.25) is 0 Å². The molecule has 0 bridgehead atoms. The smallest absolute Gasteiger partial charge is 0.123 e. The first-order chi connectivity index (χ1) is 9.15. The fourth-order valence-electron chi connectivity index (χ4n) is 2.36. The predicted molar refractivity (Wildman–Crippen MR) is 75.3 cm³/mol. The van der Waals surface area contributed by atoms with Crippen LogP contribution in [0.2, 0.25) is 5.02 Å². The van der Waals surface area contributed by atoms with Crippen molar-refractivity contribution >= 4 is 11.6 Å². The molecule has 1 fully saturated rings. The molecule has 1 aliphatic heterocycles. The molecule has 5 nitrogen and oxygen atoms in total. The minimum Gasteiger partial charge on any atom is -0.496 e. The number of hydrazine groups is 1. The van der Waals surface area contributed by atoms with Gasteiger partial charge >= 0.3 is 0 Å². The maximum atomic E-state index is 6.07. The Hall–Kier alpha value is -0.850. The fourth-order valence-corrected chi connectivity index (χ4v) is 2.54. The normalized spacial score (nSPS) is 22.2. The Morgan fingerprint density at radius 2 is 2.37 bits per heavy atom. The van der Waals surface area contributed by atoms with Gasteiger partial charge in [-0.25, -0.2) is 0 Å². The van der Waals surface area contributed by atoms with E-state index in [0.717, 1.165) is 24.4 Å². The second-order valence-electron chi connectivity index (χ2n) is 4.70. The van der Waals surface area contributed by atoms with Gasteiger partial charge in [-0.05, 0) is 25.2 Å². The number of likely N-dealkylation sites (N-methyl/N-ethyl adjacent to an activating group) is 1. The van der Waals surface area contributed by atoms with Gasteiger partial charge in [0.05, 0.1) is 25.9 Å². The number of hydrogen-bond acceptors (Lipinski definition) is 5. The third kappa shape index (κ3) is 3.38.